The van der Waals surface area contributed by atoms with Crippen molar-refractivity contribution in [2.75, 3.05) is 0 Å². The lowest BCUT2D eigenvalue weighted by molar-refractivity contribution is -0.140. The van der Waals surface area contributed by atoms with Crippen molar-refractivity contribution in [3.05, 3.63) is 35.4 Å². The first-order chi connectivity index (χ1) is 10.4. The molecule has 0 radical (unpaired) electrons. The molecule has 0 atom stereocenters. The van der Waals surface area contributed by atoms with Crippen LogP contribution in [0, 0.1) is 0 Å². The van der Waals surface area contributed by atoms with Gasteiger partial charge in [0.05, 0.1) is 0 Å². The van der Waals surface area contributed by atoms with Gasteiger partial charge in [-0.15, -0.1) is 0 Å². The third kappa shape index (κ3) is 6.92. The molecule has 0 spiro atoms. The van der Waals surface area contributed by atoms with Gasteiger partial charge in [0, 0.05) is 24.8 Å². The molecule has 0 saturated heterocycles. The zero-order valence-electron chi connectivity index (χ0n) is 12.6. The maximum absolute atomic E-state index is 11.9. The Labute approximate surface area is 129 Å². The molecule has 0 aliphatic rings. The molecule has 0 heterocycles. The number of hydrogen-bond donors (Lipinski definition) is 1. The van der Waals surface area contributed by atoms with E-state index in [0.717, 1.165) is 5.56 Å². The number of Topliss-reactive ketones (excluding diaryl/α,β-unsaturated/α-hetero) is 3. The third-order valence-corrected chi connectivity index (χ3v) is 3.25. The van der Waals surface area contributed by atoms with Gasteiger partial charge in [-0.1, -0.05) is 24.3 Å². The summed E-state index contributed by atoms with van der Waals surface area (Å²) in [5.41, 5.74) is 1.57. The molecule has 1 N–H and O–H groups in total. The van der Waals surface area contributed by atoms with Crippen LogP contribution in [0.2, 0.25) is 0 Å². The van der Waals surface area contributed by atoms with Crippen LogP contribution in [0.25, 0.3) is 0 Å². The van der Waals surface area contributed by atoms with E-state index in [1.54, 1.807) is 19.1 Å². The molecule has 1 aromatic carbocycles. The van der Waals surface area contributed by atoms with E-state index in [-0.39, 0.29) is 30.2 Å². The van der Waals surface area contributed by atoms with Crippen molar-refractivity contribution in [3.63, 3.8) is 0 Å². The molecule has 1 rings (SSSR count). The van der Waals surface area contributed by atoms with E-state index in [4.69, 9.17) is 5.11 Å². The third-order valence-electron chi connectivity index (χ3n) is 3.25. The summed E-state index contributed by atoms with van der Waals surface area (Å²) in [5, 5.41) is 8.47. The van der Waals surface area contributed by atoms with Crippen LogP contribution in [0.1, 0.15) is 54.9 Å². The second-order valence-electron chi connectivity index (χ2n) is 5.28. The summed E-state index contributed by atoms with van der Waals surface area (Å²) < 4.78 is 0. The van der Waals surface area contributed by atoms with E-state index in [2.05, 4.69) is 0 Å². The number of benzene rings is 1. The Bertz CT molecular complexity index is 557. The Morgan fingerprint density at radius 2 is 1.59 bits per heavy atom. The molecule has 5 heteroatoms. The fourth-order valence-corrected chi connectivity index (χ4v) is 2.03. The smallest absolute Gasteiger partial charge is 0.310 e. The van der Waals surface area contributed by atoms with Crippen molar-refractivity contribution in [1.29, 1.82) is 0 Å². The molecule has 0 fully saturated rings. The Kier molecular flexibility index (Phi) is 7.16. The number of aliphatic carboxylic acids is 1. The topological polar surface area (TPSA) is 88.5 Å². The maximum Gasteiger partial charge on any atom is 0.310 e. The van der Waals surface area contributed by atoms with Crippen molar-refractivity contribution in [2.24, 2.45) is 0 Å². The van der Waals surface area contributed by atoms with Crippen molar-refractivity contribution < 1.29 is 24.3 Å². The molecule has 1 aromatic rings. The standard InChI is InChI=1S/C17H20O5/c1-12(18)5-6-13-7-9-14(10-8-13)16(20)4-2-3-15(19)11-17(21)22/h7-10H,2-6,11H2,1H3,(H,21,22). The van der Waals surface area contributed by atoms with Crippen LogP contribution in [0.3, 0.4) is 0 Å². The first kappa shape index (κ1) is 17.8. The highest BCUT2D eigenvalue weighted by molar-refractivity contribution is 5.97. The molecule has 0 aliphatic carbocycles. The molecular weight excluding hydrogens is 284 g/mol. The summed E-state index contributed by atoms with van der Waals surface area (Å²) in [6.07, 6.45) is 1.34. The normalized spacial score (nSPS) is 10.2. The van der Waals surface area contributed by atoms with Gasteiger partial charge in [0.1, 0.15) is 18.0 Å². The Morgan fingerprint density at radius 1 is 0.955 bits per heavy atom. The molecule has 0 aromatic heterocycles. The number of ketones is 3. The molecule has 22 heavy (non-hydrogen) atoms. The molecule has 118 valence electrons. The van der Waals surface area contributed by atoms with Crippen LogP contribution < -0.4 is 0 Å². The van der Waals surface area contributed by atoms with Crippen LogP contribution in [-0.4, -0.2) is 28.4 Å². The predicted octanol–water partition coefficient (Wildman–Crippen LogP) is 2.61. The second kappa shape index (κ2) is 8.87. The SMILES string of the molecule is CC(=O)CCc1ccc(C(=O)CCCC(=O)CC(=O)O)cc1. The fourth-order valence-electron chi connectivity index (χ4n) is 2.03. The van der Waals surface area contributed by atoms with E-state index >= 15 is 0 Å². The van der Waals surface area contributed by atoms with Crippen LogP contribution in [-0.2, 0) is 20.8 Å². The number of aryl methyl sites for hydroxylation is 1. The van der Waals surface area contributed by atoms with Gasteiger partial charge in [-0.25, -0.2) is 0 Å². The number of carbonyl (C=O) groups is 4. The van der Waals surface area contributed by atoms with Gasteiger partial charge >= 0.3 is 5.97 Å². The van der Waals surface area contributed by atoms with Gasteiger partial charge in [0.15, 0.2) is 5.78 Å². The van der Waals surface area contributed by atoms with Crippen LogP contribution in [0.4, 0.5) is 0 Å². The predicted molar refractivity (Wildman–Crippen MR) is 80.9 cm³/mol. The summed E-state index contributed by atoms with van der Waals surface area (Å²) in [6.45, 7) is 1.55. The molecular formula is C17H20O5. The van der Waals surface area contributed by atoms with E-state index in [1.165, 1.54) is 0 Å². The lowest BCUT2D eigenvalue weighted by Crippen LogP contribution is -2.07. The largest absolute Gasteiger partial charge is 0.481 e. The average molecular weight is 304 g/mol. The van der Waals surface area contributed by atoms with Crippen molar-refractivity contribution in [3.8, 4) is 0 Å². The van der Waals surface area contributed by atoms with Crippen LogP contribution in [0.5, 0.6) is 0 Å². The van der Waals surface area contributed by atoms with Crippen LogP contribution in [0.15, 0.2) is 24.3 Å². The first-order valence-corrected chi connectivity index (χ1v) is 7.23. The Hall–Kier alpha value is -2.30. The lowest BCUT2D eigenvalue weighted by atomic mass is 10.0. The zero-order valence-corrected chi connectivity index (χ0v) is 12.6. The number of rotatable bonds is 10. The highest BCUT2D eigenvalue weighted by atomic mass is 16.4. The second-order valence-corrected chi connectivity index (χ2v) is 5.28. The van der Waals surface area contributed by atoms with Crippen LogP contribution >= 0.6 is 0 Å². The summed E-state index contributed by atoms with van der Waals surface area (Å²) in [6, 6.07) is 7.09. The van der Waals surface area contributed by atoms with E-state index in [9.17, 15) is 19.2 Å². The number of carboxylic acid groups (broad SMARTS) is 1. The quantitative estimate of drug-likeness (QED) is 0.530. The van der Waals surface area contributed by atoms with E-state index < -0.39 is 12.4 Å². The van der Waals surface area contributed by atoms with Crippen molar-refractivity contribution in [2.45, 2.75) is 45.4 Å². The number of hydrogen-bond acceptors (Lipinski definition) is 4. The van der Waals surface area contributed by atoms with Gasteiger partial charge in [-0.05, 0) is 25.3 Å². The summed E-state index contributed by atoms with van der Waals surface area (Å²) in [7, 11) is 0. The maximum atomic E-state index is 11.9. The molecule has 5 nitrogen and oxygen atoms in total. The summed E-state index contributed by atoms with van der Waals surface area (Å²) >= 11 is 0. The minimum atomic E-state index is -1.14. The van der Waals surface area contributed by atoms with Gasteiger partial charge in [-0.3, -0.25) is 14.4 Å². The number of carbonyl (C=O) groups excluding carboxylic acids is 3. The minimum absolute atomic E-state index is 0.0683. The summed E-state index contributed by atoms with van der Waals surface area (Å²) in [5.74, 6) is -1.44. The molecule has 0 saturated carbocycles. The van der Waals surface area contributed by atoms with Gasteiger partial charge in [0.25, 0.3) is 0 Å². The van der Waals surface area contributed by atoms with E-state index in [1.807, 2.05) is 12.1 Å². The van der Waals surface area contributed by atoms with Gasteiger partial charge in [0.2, 0.25) is 0 Å². The fraction of sp³-hybridized carbons (Fsp3) is 0.412. The van der Waals surface area contributed by atoms with Gasteiger partial charge < -0.3 is 9.90 Å². The number of carboxylic acids is 1. The molecule has 0 aliphatic heterocycles. The Morgan fingerprint density at radius 3 is 2.14 bits per heavy atom. The van der Waals surface area contributed by atoms with E-state index in [0.29, 0.717) is 24.8 Å². The zero-order chi connectivity index (χ0) is 16.5. The van der Waals surface area contributed by atoms with Crippen molar-refractivity contribution >= 4 is 23.3 Å². The molecule has 0 unspecified atom stereocenters. The molecule has 0 amide bonds. The lowest BCUT2D eigenvalue weighted by Gasteiger charge is -2.03. The monoisotopic (exact) mass is 304 g/mol. The summed E-state index contributed by atoms with van der Waals surface area (Å²) in [4.78, 5) is 44.4. The highest BCUT2D eigenvalue weighted by Crippen LogP contribution is 2.11. The van der Waals surface area contributed by atoms with Gasteiger partial charge in [-0.2, -0.15) is 0 Å². The minimum Gasteiger partial charge on any atom is -0.481 e. The van der Waals surface area contributed by atoms with Crippen molar-refractivity contribution in [1.82, 2.24) is 0 Å². The first-order valence-electron chi connectivity index (χ1n) is 7.23. The molecule has 0 bridgehead atoms. The average Bonchev–Trinajstić information content (AvgIpc) is 2.44. The Balaban J connectivity index is 2.41. The highest BCUT2D eigenvalue weighted by Gasteiger charge is 2.10.